The Morgan fingerprint density at radius 3 is 2.45 bits per heavy atom. The summed E-state index contributed by atoms with van der Waals surface area (Å²) in [5, 5.41) is 11.8. The summed E-state index contributed by atoms with van der Waals surface area (Å²) in [6.07, 6.45) is 0.00471. The summed E-state index contributed by atoms with van der Waals surface area (Å²) < 4.78 is 44.1. The molecule has 0 spiro atoms. The number of ether oxygens (including phenoxy) is 1. The highest BCUT2D eigenvalue weighted by Gasteiger charge is 2.33. The summed E-state index contributed by atoms with van der Waals surface area (Å²) in [4.78, 5) is 27.7. The van der Waals surface area contributed by atoms with E-state index in [-0.39, 0.29) is 12.2 Å². The maximum atomic E-state index is 12.8. The number of aromatic nitrogens is 1. The van der Waals surface area contributed by atoms with Gasteiger partial charge >= 0.3 is 12.1 Å². The number of alkyl halides is 3. The molecule has 2 N–H and O–H groups in total. The van der Waals surface area contributed by atoms with E-state index < -0.39 is 29.3 Å². The standard InChI is InChI=1S/C22H23F3N2O4/c1-21(2,20(29)30)27-19(28)16-9-8-14-5-3-4-6-15(14)18(16)31-12-13-7-10-17(26-11-13)22(23,24)25/h7-11H,3-6,12H2,1-2H3,(H,27,28)(H,29,30). The quantitative estimate of drug-likeness (QED) is 0.710. The summed E-state index contributed by atoms with van der Waals surface area (Å²) >= 11 is 0. The molecular formula is C22H23F3N2O4. The Morgan fingerprint density at radius 1 is 1.13 bits per heavy atom. The van der Waals surface area contributed by atoms with Gasteiger partial charge in [0.25, 0.3) is 5.91 Å². The van der Waals surface area contributed by atoms with Gasteiger partial charge in [-0.1, -0.05) is 12.1 Å². The van der Waals surface area contributed by atoms with Crippen molar-refractivity contribution >= 4 is 11.9 Å². The van der Waals surface area contributed by atoms with Crippen molar-refractivity contribution in [3.63, 3.8) is 0 Å². The van der Waals surface area contributed by atoms with E-state index in [1.807, 2.05) is 6.07 Å². The Balaban J connectivity index is 1.88. The van der Waals surface area contributed by atoms with E-state index in [4.69, 9.17) is 4.74 Å². The summed E-state index contributed by atoms with van der Waals surface area (Å²) in [5.74, 6) is -1.45. The second-order valence-electron chi connectivity index (χ2n) is 8.01. The molecule has 0 bridgehead atoms. The predicted molar refractivity (Wildman–Crippen MR) is 106 cm³/mol. The van der Waals surface area contributed by atoms with E-state index in [1.54, 1.807) is 6.07 Å². The third-order valence-corrected chi connectivity index (χ3v) is 5.18. The van der Waals surface area contributed by atoms with Gasteiger partial charge in [0.1, 0.15) is 23.6 Å². The fourth-order valence-electron chi connectivity index (χ4n) is 3.38. The molecule has 0 atom stereocenters. The van der Waals surface area contributed by atoms with Crippen molar-refractivity contribution in [1.82, 2.24) is 10.3 Å². The number of nitrogens with zero attached hydrogens (tertiary/aromatic N) is 1. The minimum absolute atomic E-state index is 0.0792. The van der Waals surface area contributed by atoms with Gasteiger partial charge in [0.05, 0.1) is 5.56 Å². The minimum Gasteiger partial charge on any atom is -0.488 e. The van der Waals surface area contributed by atoms with Crippen LogP contribution in [0.4, 0.5) is 13.2 Å². The van der Waals surface area contributed by atoms with Crippen LogP contribution in [-0.2, 0) is 30.4 Å². The largest absolute Gasteiger partial charge is 0.488 e. The van der Waals surface area contributed by atoms with Gasteiger partial charge in [-0.3, -0.25) is 9.78 Å². The van der Waals surface area contributed by atoms with Gasteiger partial charge in [-0.05, 0) is 62.8 Å². The number of fused-ring (bicyclic) bond motifs is 1. The maximum absolute atomic E-state index is 12.8. The van der Waals surface area contributed by atoms with Crippen LogP contribution in [0, 0.1) is 0 Å². The number of rotatable bonds is 6. The molecule has 0 unspecified atom stereocenters. The van der Waals surface area contributed by atoms with E-state index >= 15 is 0 Å². The van der Waals surface area contributed by atoms with Gasteiger partial charge in [-0.2, -0.15) is 13.2 Å². The molecule has 1 amide bonds. The molecule has 2 aromatic rings. The molecule has 1 aliphatic carbocycles. The minimum atomic E-state index is -4.53. The van der Waals surface area contributed by atoms with Crippen LogP contribution in [0.5, 0.6) is 5.75 Å². The molecule has 1 heterocycles. The lowest BCUT2D eigenvalue weighted by atomic mass is 9.89. The highest BCUT2D eigenvalue weighted by molar-refractivity contribution is 6.00. The lowest BCUT2D eigenvalue weighted by Gasteiger charge is -2.25. The van der Waals surface area contributed by atoms with E-state index in [0.717, 1.165) is 42.7 Å². The molecule has 1 aliphatic rings. The summed E-state index contributed by atoms with van der Waals surface area (Å²) in [7, 11) is 0. The molecule has 0 saturated heterocycles. The Hall–Kier alpha value is -3.10. The highest BCUT2D eigenvalue weighted by Crippen LogP contribution is 2.34. The fourth-order valence-corrected chi connectivity index (χ4v) is 3.38. The molecule has 1 aromatic carbocycles. The number of carbonyl (C=O) groups excluding carboxylic acids is 1. The van der Waals surface area contributed by atoms with Gasteiger partial charge in [-0.15, -0.1) is 0 Å². The third kappa shape index (κ3) is 5.15. The first-order chi connectivity index (χ1) is 14.5. The Kier molecular flexibility index (Phi) is 6.24. The number of pyridine rings is 1. The summed E-state index contributed by atoms with van der Waals surface area (Å²) in [6.45, 7) is 2.67. The molecule has 0 fully saturated rings. The molecule has 0 radical (unpaired) electrons. The first-order valence-electron chi connectivity index (χ1n) is 9.84. The average Bonchev–Trinajstić information content (AvgIpc) is 2.71. The Bertz CT molecular complexity index is 985. The van der Waals surface area contributed by atoms with Gasteiger partial charge in [0.15, 0.2) is 0 Å². The van der Waals surface area contributed by atoms with Crippen LogP contribution in [0.1, 0.15) is 59.4 Å². The van der Waals surface area contributed by atoms with Crippen molar-refractivity contribution in [2.45, 2.75) is 57.9 Å². The third-order valence-electron chi connectivity index (χ3n) is 5.18. The first-order valence-corrected chi connectivity index (χ1v) is 9.84. The van der Waals surface area contributed by atoms with E-state index in [9.17, 15) is 27.9 Å². The lowest BCUT2D eigenvalue weighted by molar-refractivity contribution is -0.143. The molecule has 3 rings (SSSR count). The van der Waals surface area contributed by atoms with Gasteiger partial charge in [0.2, 0.25) is 0 Å². The number of carbonyl (C=O) groups is 2. The number of halogens is 3. The number of benzene rings is 1. The Labute approximate surface area is 177 Å². The van der Waals surface area contributed by atoms with E-state index in [0.29, 0.717) is 17.7 Å². The van der Waals surface area contributed by atoms with E-state index in [2.05, 4.69) is 10.3 Å². The molecule has 6 nitrogen and oxygen atoms in total. The zero-order chi connectivity index (χ0) is 22.8. The van der Waals surface area contributed by atoms with Gasteiger partial charge in [-0.25, -0.2) is 4.79 Å². The van der Waals surface area contributed by atoms with Crippen molar-refractivity contribution in [3.05, 3.63) is 58.4 Å². The zero-order valence-electron chi connectivity index (χ0n) is 17.2. The molecule has 1 aromatic heterocycles. The Morgan fingerprint density at radius 2 is 1.84 bits per heavy atom. The molecule has 9 heteroatoms. The summed E-state index contributed by atoms with van der Waals surface area (Å²) in [5.41, 5.74) is 0.0345. The second kappa shape index (κ2) is 8.56. The number of aliphatic carboxylic acids is 1. The van der Waals surface area contributed by atoms with Crippen LogP contribution in [0.3, 0.4) is 0 Å². The number of carboxylic acids is 1. The smallest absolute Gasteiger partial charge is 0.433 e. The highest BCUT2D eigenvalue weighted by atomic mass is 19.4. The molecular weight excluding hydrogens is 413 g/mol. The number of carboxylic acid groups (broad SMARTS) is 1. The van der Waals surface area contributed by atoms with Crippen molar-refractivity contribution in [1.29, 1.82) is 0 Å². The molecule has 31 heavy (non-hydrogen) atoms. The van der Waals surface area contributed by atoms with Gasteiger partial charge < -0.3 is 15.2 Å². The molecule has 0 aliphatic heterocycles. The number of amides is 1. The second-order valence-corrected chi connectivity index (χ2v) is 8.01. The lowest BCUT2D eigenvalue weighted by Crippen LogP contribution is -2.49. The number of aryl methyl sites for hydroxylation is 1. The predicted octanol–water partition coefficient (Wildman–Crippen LogP) is 4.15. The number of hydrogen-bond acceptors (Lipinski definition) is 4. The van der Waals surface area contributed by atoms with E-state index in [1.165, 1.54) is 19.9 Å². The monoisotopic (exact) mass is 436 g/mol. The van der Waals surface area contributed by atoms with Crippen LogP contribution in [0.15, 0.2) is 30.5 Å². The zero-order valence-corrected chi connectivity index (χ0v) is 17.2. The fraction of sp³-hybridized carbons (Fsp3) is 0.409. The van der Waals surface area contributed by atoms with Crippen LogP contribution in [0.25, 0.3) is 0 Å². The van der Waals surface area contributed by atoms with Crippen molar-refractivity contribution in [2.24, 2.45) is 0 Å². The maximum Gasteiger partial charge on any atom is 0.433 e. The molecule has 0 saturated carbocycles. The van der Waals surface area contributed by atoms with Gasteiger partial charge in [0, 0.05) is 11.8 Å². The first kappa shape index (κ1) is 22.6. The number of nitrogens with one attached hydrogen (secondary N) is 1. The number of hydrogen-bond donors (Lipinski definition) is 2. The van der Waals surface area contributed by atoms with Crippen LogP contribution < -0.4 is 10.1 Å². The topological polar surface area (TPSA) is 88.5 Å². The van der Waals surface area contributed by atoms with Crippen LogP contribution in [-0.4, -0.2) is 27.5 Å². The van der Waals surface area contributed by atoms with Crippen molar-refractivity contribution in [2.75, 3.05) is 0 Å². The normalized spacial score (nSPS) is 14.0. The average molecular weight is 436 g/mol. The van der Waals surface area contributed by atoms with Crippen molar-refractivity contribution < 1.29 is 32.6 Å². The van der Waals surface area contributed by atoms with Crippen molar-refractivity contribution in [3.8, 4) is 5.75 Å². The SMILES string of the molecule is CC(C)(NC(=O)c1ccc2c(c1OCc1ccc(C(F)(F)F)nc1)CCCC2)C(=O)O. The van der Waals surface area contributed by atoms with Crippen LogP contribution >= 0.6 is 0 Å². The molecule has 166 valence electrons. The summed E-state index contributed by atoms with van der Waals surface area (Å²) in [6, 6.07) is 5.59. The van der Waals surface area contributed by atoms with Crippen LogP contribution in [0.2, 0.25) is 0 Å².